The Hall–Kier alpha value is -1.49. The largest absolute Gasteiger partial charge is 0.504 e. The fourth-order valence-corrected chi connectivity index (χ4v) is 1.95. The lowest BCUT2D eigenvalue weighted by Crippen LogP contribution is -2.21. The van der Waals surface area contributed by atoms with Crippen LogP contribution in [-0.4, -0.2) is 23.9 Å². The molecule has 1 aromatic carbocycles. The van der Waals surface area contributed by atoms with Crippen LogP contribution < -0.4 is 10.5 Å². The molecule has 88 valence electrons. The van der Waals surface area contributed by atoms with Crippen molar-refractivity contribution in [2.24, 2.45) is 5.73 Å². The van der Waals surface area contributed by atoms with Crippen molar-refractivity contribution in [1.82, 2.24) is 0 Å². The number of ether oxygens (including phenoxy) is 1. The summed E-state index contributed by atoms with van der Waals surface area (Å²) < 4.78 is 18.8. The third-order valence-electron chi connectivity index (χ3n) is 3.18. The Morgan fingerprint density at radius 1 is 1.50 bits per heavy atom. The molecule has 1 aromatic rings. The molecule has 1 saturated carbocycles. The van der Waals surface area contributed by atoms with Crippen LogP contribution >= 0.6 is 0 Å². The van der Waals surface area contributed by atoms with E-state index in [0.29, 0.717) is 12.8 Å². The number of phenols is 2. The molecule has 0 radical (unpaired) electrons. The van der Waals surface area contributed by atoms with Crippen LogP contribution in [0.5, 0.6) is 17.2 Å². The van der Waals surface area contributed by atoms with Crippen molar-refractivity contribution in [3.8, 4) is 17.2 Å². The Kier molecular flexibility index (Phi) is 2.42. The highest BCUT2D eigenvalue weighted by molar-refractivity contribution is 5.56. The highest BCUT2D eigenvalue weighted by Crippen LogP contribution is 2.54. The van der Waals surface area contributed by atoms with Crippen LogP contribution in [0.3, 0.4) is 0 Å². The van der Waals surface area contributed by atoms with Gasteiger partial charge in [-0.25, -0.2) is 4.39 Å². The van der Waals surface area contributed by atoms with Gasteiger partial charge in [0.05, 0.1) is 7.11 Å². The molecule has 0 amide bonds. The molecule has 0 unspecified atom stereocenters. The van der Waals surface area contributed by atoms with Gasteiger partial charge in [-0.15, -0.1) is 0 Å². The molecule has 1 fully saturated rings. The van der Waals surface area contributed by atoms with Crippen molar-refractivity contribution in [2.75, 3.05) is 13.7 Å². The average Bonchev–Trinajstić information content (AvgIpc) is 3.05. The first-order valence-corrected chi connectivity index (χ1v) is 5.04. The van der Waals surface area contributed by atoms with E-state index in [-0.39, 0.29) is 23.6 Å². The smallest absolute Gasteiger partial charge is 0.172 e. The predicted molar refractivity (Wildman–Crippen MR) is 56.2 cm³/mol. The van der Waals surface area contributed by atoms with Gasteiger partial charge in [0.15, 0.2) is 23.1 Å². The van der Waals surface area contributed by atoms with Crippen LogP contribution in [0.25, 0.3) is 0 Å². The van der Waals surface area contributed by atoms with Gasteiger partial charge in [-0.3, -0.25) is 0 Å². The van der Waals surface area contributed by atoms with Crippen LogP contribution in [-0.2, 0) is 5.41 Å². The van der Waals surface area contributed by atoms with E-state index in [1.807, 2.05) is 0 Å². The number of hydrogen-bond donors (Lipinski definition) is 3. The summed E-state index contributed by atoms with van der Waals surface area (Å²) in [5.41, 5.74) is 5.11. The minimum atomic E-state index is -0.638. The fraction of sp³-hybridized carbons (Fsp3) is 0.455. The van der Waals surface area contributed by atoms with E-state index in [0.717, 1.165) is 6.07 Å². The first kappa shape index (κ1) is 11.0. The van der Waals surface area contributed by atoms with E-state index < -0.39 is 17.0 Å². The van der Waals surface area contributed by atoms with Gasteiger partial charge in [0.1, 0.15) is 0 Å². The molecule has 0 saturated heterocycles. The predicted octanol–water partition coefficient (Wildman–Crippen LogP) is 1.24. The number of halogens is 1. The van der Waals surface area contributed by atoms with E-state index in [2.05, 4.69) is 0 Å². The lowest BCUT2D eigenvalue weighted by molar-refractivity contribution is 0.353. The number of benzene rings is 1. The summed E-state index contributed by atoms with van der Waals surface area (Å²) in [7, 11) is 1.31. The minimum Gasteiger partial charge on any atom is -0.504 e. The molecule has 0 spiro atoms. The van der Waals surface area contributed by atoms with Gasteiger partial charge in [-0.2, -0.15) is 0 Å². The molecule has 4 N–H and O–H groups in total. The molecule has 0 bridgehead atoms. The molecular weight excluding hydrogens is 213 g/mol. The van der Waals surface area contributed by atoms with Gasteiger partial charge < -0.3 is 20.7 Å². The zero-order valence-electron chi connectivity index (χ0n) is 8.96. The van der Waals surface area contributed by atoms with E-state index in [9.17, 15) is 14.6 Å². The maximum absolute atomic E-state index is 14.0. The highest BCUT2D eigenvalue weighted by atomic mass is 19.1. The molecule has 5 heteroatoms. The number of phenolic OH excluding ortho intramolecular Hbond substituents is 2. The summed E-state index contributed by atoms with van der Waals surface area (Å²) in [6.07, 6.45) is 1.42. The van der Waals surface area contributed by atoms with Gasteiger partial charge in [0, 0.05) is 23.6 Å². The minimum absolute atomic E-state index is 0.0758. The van der Waals surface area contributed by atoms with Crippen LogP contribution in [0.1, 0.15) is 18.4 Å². The first-order valence-electron chi connectivity index (χ1n) is 5.04. The first-order chi connectivity index (χ1) is 7.55. The second-order valence-electron chi connectivity index (χ2n) is 4.12. The lowest BCUT2D eigenvalue weighted by atomic mass is 9.93. The molecule has 0 heterocycles. The third kappa shape index (κ3) is 1.39. The SMILES string of the molecule is COc1cc(O)c(O)c(C2(CN)CC2)c1F. The Bertz CT molecular complexity index is 430. The molecular formula is C11H14FNO3. The van der Waals surface area contributed by atoms with Gasteiger partial charge in [-0.05, 0) is 12.8 Å². The topological polar surface area (TPSA) is 75.7 Å². The third-order valence-corrected chi connectivity index (χ3v) is 3.18. The normalized spacial score (nSPS) is 17.2. The lowest BCUT2D eigenvalue weighted by Gasteiger charge is -2.18. The van der Waals surface area contributed by atoms with Gasteiger partial charge in [0.2, 0.25) is 0 Å². The van der Waals surface area contributed by atoms with Crippen LogP contribution in [0.15, 0.2) is 6.07 Å². The summed E-state index contributed by atoms with van der Waals surface area (Å²) in [4.78, 5) is 0. The fourth-order valence-electron chi connectivity index (χ4n) is 1.95. The molecule has 2 rings (SSSR count). The van der Waals surface area contributed by atoms with Crippen molar-refractivity contribution < 1.29 is 19.3 Å². The number of hydrogen-bond acceptors (Lipinski definition) is 4. The van der Waals surface area contributed by atoms with Crippen LogP contribution in [0.4, 0.5) is 4.39 Å². The second kappa shape index (κ2) is 3.52. The maximum atomic E-state index is 14.0. The van der Waals surface area contributed by atoms with E-state index in [4.69, 9.17) is 10.5 Å². The van der Waals surface area contributed by atoms with E-state index in [1.165, 1.54) is 7.11 Å². The highest BCUT2D eigenvalue weighted by Gasteiger charge is 2.48. The van der Waals surface area contributed by atoms with Crippen molar-refractivity contribution in [3.63, 3.8) is 0 Å². The van der Waals surface area contributed by atoms with Crippen LogP contribution in [0, 0.1) is 5.82 Å². The number of aromatic hydroxyl groups is 2. The summed E-state index contributed by atoms with van der Waals surface area (Å²) in [6.45, 7) is 0.240. The summed E-state index contributed by atoms with van der Waals surface area (Å²) in [5.74, 6) is -1.53. The van der Waals surface area contributed by atoms with Crippen molar-refractivity contribution in [1.29, 1.82) is 0 Å². The number of nitrogens with two attached hydrogens (primary N) is 1. The van der Waals surface area contributed by atoms with Crippen molar-refractivity contribution in [3.05, 3.63) is 17.4 Å². The monoisotopic (exact) mass is 227 g/mol. The Morgan fingerprint density at radius 3 is 2.56 bits per heavy atom. The van der Waals surface area contributed by atoms with Crippen molar-refractivity contribution in [2.45, 2.75) is 18.3 Å². The van der Waals surface area contributed by atoms with E-state index >= 15 is 0 Å². The molecule has 0 atom stereocenters. The molecule has 16 heavy (non-hydrogen) atoms. The summed E-state index contributed by atoms with van der Waals surface area (Å²) in [6, 6.07) is 1.06. The zero-order chi connectivity index (χ0) is 11.9. The van der Waals surface area contributed by atoms with Crippen molar-refractivity contribution >= 4 is 0 Å². The molecule has 0 aromatic heterocycles. The number of methoxy groups -OCH3 is 1. The zero-order valence-corrected chi connectivity index (χ0v) is 8.96. The standard InChI is InChI=1S/C11H14FNO3/c1-16-7-4-6(14)10(15)8(9(7)12)11(5-13)2-3-11/h4,14-15H,2-3,5,13H2,1H3. The quantitative estimate of drug-likeness (QED) is 0.679. The van der Waals surface area contributed by atoms with E-state index in [1.54, 1.807) is 0 Å². The second-order valence-corrected chi connectivity index (χ2v) is 4.12. The summed E-state index contributed by atoms with van der Waals surface area (Å²) >= 11 is 0. The van der Waals surface area contributed by atoms with Gasteiger partial charge in [-0.1, -0.05) is 0 Å². The van der Waals surface area contributed by atoms with Gasteiger partial charge >= 0.3 is 0 Å². The Balaban J connectivity index is 2.63. The summed E-state index contributed by atoms with van der Waals surface area (Å²) in [5, 5.41) is 19.2. The average molecular weight is 227 g/mol. The molecule has 1 aliphatic rings. The Morgan fingerprint density at radius 2 is 2.12 bits per heavy atom. The Labute approximate surface area is 92.5 Å². The molecule has 0 aliphatic heterocycles. The number of rotatable bonds is 3. The molecule has 4 nitrogen and oxygen atoms in total. The van der Waals surface area contributed by atoms with Gasteiger partial charge in [0.25, 0.3) is 0 Å². The molecule has 1 aliphatic carbocycles. The van der Waals surface area contributed by atoms with Crippen LogP contribution in [0.2, 0.25) is 0 Å². The maximum Gasteiger partial charge on any atom is 0.172 e.